The summed E-state index contributed by atoms with van der Waals surface area (Å²) < 4.78 is 36.1. The molecule has 1 aliphatic carbocycles. The van der Waals surface area contributed by atoms with E-state index in [9.17, 15) is 13.2 Å². The maximum absolute atomic E-state index is 13.3. The average molecular weight is 455 g/mol. The molecule has 1 aromatic heterocycles. The van der Waals surface area contributed by atoms with Gasteiger partial charge in [-0.1, -0.05) is 26.8 Å². The molecular weight excluding hydrogens is 428 g/mol. The van der Waals surface area contributed by atoms with Crippen molar-refractivity contribution in [3.63, 3.8) is 0 Å². The number of H-pyrrole nitrogens is 1. The Morgan fingerprint density at radius 2 is 1.78 bits per heavy atom. The van der Waals surface area contributed by atoms with Crippen molar-refractivity contribution in [1.29, 1.82) is 0 Å². The third kappa shape index (κ3) is 3.33. The van der Waals surface area contributed by atoms with E-state index in [1.54, 1.807) is 12.1 Å². The van der Waals surface area contributed by atoms with Crippen molar-refractivity contribution >= 4 is 32.3 Å². The molecule has 0 atom stereocenters. The predicted octanol–water partition coefficient (Wildman–Crippen LogP) is 4.27. The first-order chi connectivity index (χ1) is 15.0. The highest BCUT2D eigenvalue weighted by Gasteiger charge is 2.51. The van der Waals surface area contributed by atoms with Crippen LogP contribution in [0.5, 0.6) is 11.5 Å². The molecule has 32 heavy (non-hydrogen) atoms. The number of hydrogen-bond donors (Lipinski definition) is 2. The van der Waals surface area contributed by atoms with Crippen LogP contribution >= 0.6 is 0 Å². The SMILES string of the molecule is CC(C)(C)c1[nH]c2ccc(NC(=O)C3(c4ccc5c(c4)OCO5)CC3)cc2c1S(C)(=O)=O. The van der Waals surface area contributed by atoms with Gasteiger partial charge in [-0.15, -0.1) is 0 Å². The molecule has 8 heteroatoms. The number of aromatic nitrogens is 1. The minimum absolute atomic E-state index is 0.108. The highest BCUT2D eigenvalue weighted by Crippen LogP contribution is 2.51. The molecular formula is C24H26N2O5S. The fourth-order valence-corrected chi connectivity index (χ4v) is 5.67. The second-order valence-electron chi connectivity index (χ2n) is 9.72. The molecule has 2 aliphatic rings. The molecule has 168 valence electrons. The van der Waals surface area contributed by atoms with Crippen LogP contribution in [0.25, 0.3) is 10.9 Å². The molecule has 5 rings (SSSR count). The number of hydrogen-bond acceptors (Lipinski definition) is 5. The average Bonchev–Trinajstić information content (AvgIpc) is 3.21. The quantitative estimate of drug-likeness (QED) is 0.614. The molecule has 0 unspecified atom stereocenters. The Balaban J connectivity index is 1.50. The van der Waals surface area contributed by atoms with Crippen LogP contribution in [0, 0.1) is 0 Å². The summed E-state index contributed by atoms with van der Waals surface area (Å²) in [6, 6.07) is 11.0. The number of ether oxygens (including phenoxy) is 2. The molecule has 2 heterocycles. The number of sulfone groups is 1. The summed E-state index contributed by atoms with van der Waals surface area (Å²) >= 11 is 0. The Labute approximate surface area is 187 Å². The van der Waals surface area contributed by atoms with Crippen LogP contribution in [0.2, 0.25) is 0 Å². The maximum Gasteiger partial charge on any atom is 0.235 e. The van der Waals surface area contributed by atoms with Crippen molar-refractivity contribution in [2.24, 2.45) is 0 Å². The zero-order chi connectivity index (χ0) is 22.9. The summed E-state index contributed by atoms with van der Waals surface area (Å²) in [5.74, 6) is 1.23. The highest BCUT2D eigenvalue weighted by molar-refractivity contribution is 7.91. The fraction of sp³-hybridized carbons (Fsp3) is 0.375. The van der Waals surface area contributed by atoms with Gasteiger partial charge < -0.3 is 19.8 Å². The van der Waals surface area contributed by atoms with Crippen LogP contribution in [-0.2, 0) is 25.5 Å². The van der Waals surface area contributed by atoms with Crippen molar-refractivity contribution in [2.75, 3.05) is 18.4 Å². The van der Waals surface area contributed by atoms with Gasteiger partial charge in [0, 0.05) is 34.0 Å². The lowest BCUT2D eigenvalue weighted by Crippen LogP contribution is -2.27. The molecule has 1 aliphatic heterocycles. The van der Waals surface area contributed by atoms with Gasteiger partial charge in [0.25, 0.3) is 0 Å². The van der Waals surface area contributed by atoms with Crippen molar-refractivity contribution in [3.05, 3.63) is 47.7 Å². The summed E-state index contributed by atoms with van der Waals surface area (Å²) in [7, 11) is -3.48. The fourth-order valence-electron chi connectivity index (χ4n) is 4.37. The molecule has 0 spiro atoms. The molecule has 1 fully saturated rings. The van der Waals surface area contributed by atoms with Gasteiger partial charge in [0.15, 0.2) is 21.3 Å². The molecule has 1 amide bonds. The topological polar surface area (TPSA) is 97.5 Å². The van der Waals surface area contributed by atoms with Gasteiger partial charge in [-0.3, -0.25) is 4.79 Å². The molecule has 0 saturated heterocycles. The maximum atomic E-state index is 13.3. The number of fused-ring (bicyclic) bond motifs is 2. The first-order valence-electron chi connectivity index (χ1n) is 10.6. The van der Waals surface area contributed by atoms with E-state index < -0.39 is 15.3 Å². The number of amides is 1. The van der Waals surface area contributed by atoms with Gasteiger partial charge in [-0.2, -0.15) is 0 Å². The minimum atomic E-state index is -3.48. The molecule has 1 saturated carbocycles. The summed E-state index contributed by atoms with van der Waals surface area (Å²) in [6.07, 6.45) is 2.70. The van der Waals surface area contributed by atoms with Crippen LogP contribution < -0.4 is 14.8 Å². The lowest BCUT2D eigenvalue weighted by Gasteiger charge is -2.18. The van der Waals surface area contributed by atoms with Crippen molar-refractivity contribution < 1.29 is 22.7 Å². The minimum Gasteiger partial charge on any atom is -0.454 e. The van der Waals surface area contributed by atoms with Crippen molar-refractivity contribution in [3.8, 4) is 11.5 Å². The van der Waals surface area contributed by atoms with Gasteiger partial charge in [0.2, 0.25) is 12.7 Å². The van der Waals surface area contributed by atoms with Gasteiger partial charge in [-0.25, -0.2) is 8.42 Å². The largest absolute Gasteiger partial charge is 0.454 e. The van der Waals surface area contributed by atoms with Gasteiger partial charge in [0.05, 0.1) is 10.3 Å². The van der Waals surface area contributed by atoms with Crippen LogP contribution in [0.15, 0.2) is 41.3 Å². The zero-order valence-electron chi connectivity index (χ0n) is 18.5. The molecule has 3 aromatic rings. The van der Waals surface area contributed by atoms with E-state index in [2.05, 4.69) is 10.3 Å². The number of rotatable bonds is 4. The Morgan fingerprint density at radius 1 is 1.06 bits per heavy atom. The van der Waals surface area contributed by atoms with Crippen LogP contribution in [0.1, 0.15) is 44.9 Å². The Morgan fingerprint density at radius 3 is 2.44 bits per heavy atom. The number of benzene rings is 2. The number of anilines is 1. The van der Waals surface area contributed by atoms with E-state index in [1.165, 1.54) is 6.26 Å². The van der Waals surface area contributed by atoms with Crippen molar-refractivity contribution in [2.45, 2.75) is 49.3 Å². The third-order valence-electron chi connectivity index (χ3n) is 6.24. The Bertz CT molecular complexity index is 1360. The normalized spacial score (nSPS) is 16.9. The first kappa shape index (κ1) is 20.9. The van der Waals surface area contributed by atoms with E-state index in [-0.39, 0.29) is 23.0 Å². The Kier molecular flexibility index (Phi) is 4.40. The molecule has 2 aromatic carbocycles. The van der Waals surface area contributed by atoms with Crippen LogP contribution in [-0.4, -0.2) is 32.4 Å². The lowest BCUT2D eigenvalue weighted by atomic mass is 9.92. The number of carbonyl (C=O) groups is 1. The second kappa shape index (κ2) is 6.75. The predicted molar refractivity (Wildman–Crippen MR) is 122 cm³/mol. The Hall–Kier alpha value is -3.00. The number of carbonyl (C=O) groups excluding carboxylic acids is 1. The summed E-state index contributed by atoms with van der Waals surface area (Å²) in [4.78, 5) is 16.8. The van der Waals surface area contributed by atoms with Gasteiger partial charge in [0.1, 0.15) is 0 Å². The third-order valence-corrected chi connectivity index (χ3v) is 7.41. The first-order valence-corrected chi connectivity index (χ1v) is 12.5. The van der Waals surface area contributed by atoms with Gasteiger partial charge in [-0.05, 0) is 48.7 Å². The number of aromatic amines is 1. The van der Waals surface area contributed by atoms with E-state index in [1.807, 2.05) is 45.0 Å². The zero-order valence-corrected chi connectivity index (χ0v) is 19.4. The molecule has 2 N–H and O–H groups in total. The summed E-state index contributed by atoms with van der Waals surface area (Å²) in [5, 5.41) is 3.60. The van der Waals surface area contributed by atoms with Crippen LogP contribution in [0.4, 0.5) is 5.69 Å². The van der Waals surface area contributed by atoms with Crippen molar-refractivity contribution in [1.82, 2.24) is 4.98 Å². The van der Waals surface area contributed by atoms with E-state index in [0.29, 0.717) is 28.3 Å². The monoisotopic (exact) mass is 454 g/mol. The van der Waals surface area contributed by atoms with Crippen LogP contribution in [0.3, 0.4) is 0 Å². The smallest absolute Gasteiger partial charge is 0.235 e. The standard InChI is InChI=1S/C24H26N2O5S/c1-23(2,3)21-20(32(4,28)29)16-12-15(6-7-17(16)26-21)25-22(27)24(9-10-24)14-5-8-18-19(11-14)31-13-30-18/h5-8,11-12,26H,9-10,13H2,1-4H3,(H,25,27). The van der Waals surface area contributed by atoms with E-state index in [0.717, 1.165) is 23.9 Å². The summed E-state index contributed by atoms with van der Waals surface area (Å²) in [5.41, 5.74) is 1.87. The second-order valence-corrected chi connectivity index (χ2v) is 11.7. The number of nitrogens with one attached hydrogen (secondary N) is 2. The summed E-state index contributed by atoms with van der Waals surface area (Å²) in [6.45, 7) is 6.10. The highest BCUT2D eigenvalue weighted by atomic mass is 32.2. The van der Waals surface area contributed by atoms with E-state index >= 15 is 0 Å². The van der Waals surface area contributed by atoms with E-state index in [4.69, 9.17) is 9.47 Å². The molecule has 7 nitrogen and oxygen atoms in total. The lowest BCUT2D eigenvalue weighted by molar-refractivity contribution is -0.118. The molecule has 0 radical (unpaired) electrons. The van der Waals surface area contributed by atoms with Gasteiger partial charge >= 0.3 is 0 Å². The molecule has 0 bridgehead atoms.